The fraction of sp³-hybridized carbons (Fsp3) is 0.303. The summed E-state index contributed by atoms with van der Waals surface area (Å²) >= 11 is 0. The SMILES string of the molecule is CCOCCOC(=O)c1cccc(Oc2cc(C(C)(C)C)cc3cc(C#N)c(C#N)c(C4=CC(C(F)(F)F)=CC4)c23)c1. The van der Waals surface area contributed by atoms with Crippen LogP contribution in [-0.4, -0.2) is 32.0 Å². The summed E-state index contributed by atoms with van der Waals surface area (Å²) in [6, 6.07) is 15.6. The van der Waals surface area contributed by atoms with Crippen LogP contribution in [0.1, 0.15) is 66.7 Å². The molecule has 0 radical (unpaired) electrons. The molecular weight excluding hydrogens is 545 g/mol. The minimum Gasteiger partial charge on any atom is -0.460 e. The minimum atomic E-state index is -4.56. The molecule has 6 nitrogen and oxygen atoms in total. The number of benzene rings is 3. The lowest BCUT2D eigenvalue weighted by Crippen LogP contribution is -2.12. The predicted molar refractivity (Wildman–Crippen MR) is 152 cm³/mol. The molecule has 0 aromatic heterocycles. The maximum atomic E-state index is 13.6. The van der Waals surface area contributed by atoms with Gasteiger partial charge in [0.2, 0.25) is 0 Å². The molecule has 0 unspecified atom stereocenters. The molecule has 216 valence electrons. The standard InChI is InChI=1S/C33H29F3N2O4/c1-5-40-11-12-41-31(39)21-7-6-8-26(16-21)42-28-17-25(32(2,3)4)15-22-13-23(18-37)27(19-38)29(30(22)28)20-9-10-24(14-20)33(34,35)36/h6-8,10,13-17H,5,9,11-12H2,1-4H3. The Balaban J connectivity index is 1.90. The number of fused-ring (bicyclic) bond motifs is 1. The summed E-state index contributed by atoms with van der Waals surface area (Å²) in [5, 5.41) is 20.9. The number of nitriles is 2. The number of allylic oxidation sites excluding steroid dienone is 4. The van der Waals surface area contributed by atoms with Gasteiger partial charge in [-0.2, -0.15) is 23.7 Å². The monoisotopic (exact) mass is 574 g/mol. The van der Waals surface area contributed by atoms with Crippen LogP contribution in [0.2, 0.25) is 0 Å². The zero-order valence-corrected chi connectivity index (χ0v) is 23.7. The number of carbonyl (C=O) groups is 1. The molecular formula is C33H29F3N2O4. The third-order valence-corrected chi connectivity index (χ3v) is 6.78. The van der Waals surface area contributed by atoms with Crippen molar-refractivity contribution in [3.8, 4) is 23.6 Å². The van der Waals surface area contributed by atoms with Crippen molar-refractivity contribution >= 4 is 22.3 Å². The van der Waals surface area contributed by atoms with E-state index in [0.717, 1.165) is 17.7 Å². The number of alkyl halides is 3. The van der Waals surface area contributed by atoms with Crippen molar-refractivity contribution in [3.63, 3.8) is 0 Å². The summed E-state index contributed by atoms with van der Waals surface area (Å²) in [6.07, 6.45) is -2.56. The van der Waals surface area contributed by atoms with Crippen LogP contribution >= 0.6 is 0 Å². The first kappa shape index (κ1) is 30.4. The minimum absolute atomic E-state index is 0.0342. The Kier molecular flexibility index (Phi) is 8.75. The number of esters is 1. The Labute approximate surface area is 242 Å². The number of hydrogen-bond acceptors (Lipinski definition) is 6. The van der Waals surface area contributed by atoms with Gasteiger partial charge in [0, 0.05) is 17.6 Å². The van der Waals surface area contributed by atoms with E-state index in [-0.39, 0.29) is 64.4 Å². The maximum Gasteiger partial charge on any atom is 0.416 e. The molecule has 0 spiro atoms. The number of hydrogen-bond donors (Lipinski definition) is 0. The summed E-state index contributed by atoms with van der Waals surface area (Å²) < 4.78 is 57.5. The van der Waals surface area contributed by atoms with Gasteiger partial charge in [0.1, 0.15) is 30.2 Å². The molecule has 9 heteroatoms. The van der Waals surface area contributed by atoms with E-state index in [2.05, 4.69) is 0 Å². The van der Waals surface area contributed by atoms with Crippen molar-refractivity contribution in [1.82, 2.24) is 0 Å². The number of carbonyl (C=O) groups excluding carboxylic acids is 1. The molecule has 0 atom stereocenters. The molecule has 1 aliphatic carbocycles. The molecule has 1 aliphatic rings. The summed E-state index contributed by atoms with van der Waals surface area (Å²) in [6.45, 7) is 8.66. The second-order valence-electron chi connectivity index (χ2n) is 10.7. The first-order chi connectivity index (χ1) is 19.9. The molecule has 0 saturated carbocycles. The van der Waals surface area contributed by atoms with E-state index >= 15 is 0 Å². The second kappa shape index (κ2) is 12.1. The van der Waals surface area contributed by atoms with Gasteiger partial charge >= 0.3 is 12.1 Å². The van der Waals surface area contributed by atoms with Crippen molar-refractivity contribution in [2.75, 3.05) is 19.8 Å². The van der Waals surface area contributed by atoms with Gasteiger partial charge in [-0.1, -0.05) is 39.0 Å². The lowest BCUT2D eigenvalue weighted by Gasteiger charge is -2.23. The molecule has 3 aromatic carbocycles. The van der Waals surface area contributed by atoms with E-state index in [1.807, 2.05) is 45.9 Å². The van der Waals surface area contributed by atoms with Gasteiger partial charge in [0.05, 0.1) is 28.9 Å². The van der Waals surface area contributed by atoms with Gasteiger partial charge in [0.15, 0.2) is 0 Å². The van der Waals surface area contributed by atoms with Crippen molar-refractivity contribution in [2.45, 2.75) is 45.7 Å². The van der Waals surface area contributed by atoms with Crippen molar-refractivity contribution in [3.05, 3.63) is 88.0 Å². The highest BCUT2D eigenvalue weighted by atomic mass is 19.4. The zero-order valence-electron chi connectivity index (χ0n) is 23.7. The molecule has 42 heavy (non-hydrogen) atoms. The third-order valence-electron chi connectivity index (χ3n) is 6.78. The average molecular weight is 575 g/mol. The van der Waals surface area contributed by atoms with E-state index in [1.54, 1.807) is 30.3 Å². The zero-order chi connectivity index (χ0) is 30.7. The molecule has 4 rings (SSSR count). The molecule has 0 N–H and O–H groups in total. The molecule has 0 amide bonds. The average Bonchev–Trinajstić information content (AvgIpc) is 3.44. The highest BCUT2D eigenvalue weighted by Gasteiger charge is 2.35. The van der Waals surface area contributed by atoms with Crippen LogP contribution in [0.3, 0.4) is 0 Å². The number of ether oxygens (including phenoxy) is 3. The van der Waals surface area contributed by atoms with E-state index < -0.39 is 17.7 Å². The lowest BCUT2D eigenvalue weighted by atomic mass is 9.83. The van der Waals surface area contributed by atoms with E-state index in [1.165, 1.54) is 6.07 Å². The van der Waals surface area contributed by atoms with Gasteiger partial charge in [-0.3, -0.25) is 0 Å². The van der Waals surface area contributed by atoms with Crippen LogP contribution in [-0.2, 0) is 14.9 Å². The lowest BCUT2D eigenvalue weighted by molar-refractivity contribution is -0.0880. The van der Waals surface area contributed by atoms with Crippen LogP contribution in [0, 0.1) is 22.7 Å². The Morgan fingerprint density at radius 2 is 1.79 bits per heavy atom. The molecule has 0 bridgehead atoms. The highest BCUT2D eigenvalue weighted by Crippen LogP contribution is 2.45. The predicted octanol–water partition coefficient (Wildman–Crippen LogP) is 8.14. The normalized spacial score (nSPS) is 13.3. The maximum absolute atomic E-state index is 13.6. The Hall–Kier alpha value is -4.60. The number of halogens is 3. The van der Waals surface area contributed by atoms with Crippen molar-refractivity contribution in [2.24, 2.45) is 0 Å². The molecule has 0 fully saturated rings. The summed E-state index contributed by atoms with van der Waals surface area (Å²) in [7, 11) is 0. The Morgan fingerprint density at radius 3 is 2.40 bits per heavy atom. The highest BCUT2D eigenvalue weighted by molar-refractivity contribution is 6.03. The van der Waals surface area contributed by atoms with E-state index in [0.29, 0.717) is 17.4 Å². The smallest absolute Gasteiger partial charge is 0.416 e. The number of nitrogens with zero attached hydrogens (tertiary/aromatic N) is 2. The Morgan fingerprint density at radius 1 is 1.02 bits per heavy atom. The number of rotatable bonds is 8. The first-order valence-electron chi connectivity index (χ1n) is 13.3. The van der Waals surface area contributed by atoms with Crippen molar-refractivity contribution in [1.29, 1.82) is 10.5 Å². The summed E-state index contributed by atoms with van der Waals surface area (Å²) in [4.78, 5) is 12.6. The van der Waals surface area contributed by atoms with Gasteiger partial charge in [-0.25, -0.2) is 4.79 Å². The van der Waals surface area contributed by atoms with Crippen LogP contribution in [0.4, 0.5) is 13.2 Å². The van der Waals surface area contributed by atoms with Gasteiger partial charge in [-0.15, -0.1) is 0 Å². The van der Waals surface area contributed by atoms with Crippen LogP contribution in [0.25, 0.3) is 16.3 Å². The Bertz CT molecular complexity index is 1680. The van der Waals surface area contributed by atoms with E-state index in [4.69, 9.17) is 14.2 Å². The molecule has 3 aromatic rings. The largest absolute Gasteiger partial charge is 0.460 e. The first-order valence-corrected chi connectivity index (χ1v) is 13.3. The third kappa shape index (κ3) is 6.48. The van der Waals surface area contributed by atoms with Crippen LogP contribution in [0.15, 0.2) is 60.2 Å². The second-order valence-corrected chi connectivity index (χ2v) is 10.7. The molecule has 0 heterocycles. The summed E-state index contributed by atoms with van der Waals surface area (Å²) in [5.41, 5.74) is 0.374. The van der Waals surface area contributed by atoms with Gasteiger partial charge in [-0.05, 0) is 71.7 Å². The van der Waals surface area contributed by atoms with Gasteiger partial charge < -0.3 is 14.2 Å². The summed E-state index contributed by atoms with van der Waals surface area (Å²) in [5.74, 6) is -0.0111. The fourth-order valence-electron chi connectivity index (χ4n) is 4.68. The topological polar surface area (TPSA) is 92.3 Å². The molecule has 0 saturated heterocycles. The quantitative estimate of drug-likeness (QED) is 0.199. The van der Waals surface area contributed by atoms with Crippen LogP contribution < -0.4 is 4.74 Å². The van der Waals surface area contributed by atoms with Crippen LogP contribution in [0.5, 0.6) is 11.5 Å². The molecule has 0 aliphatic heterocycles. The van der Waals surface area contributed by atoms with Gasteiger partial charge in [0.25, 0.3) is 0 Å². The van der Waals surface area contributed by atoms with Crippen molar-refractivity contribution < 1.29 is 32.2 Å². The van der Waals surface area contributed by atoms with E-state index in [9.17, 15) is 28.5 Å². The fourth-order valence-corrected chi connectivity index (χ4v) is 4.68.